The number of unbranched alkanes of at least 4 members (excludes halogenated alkanes) is 4. The van der Waals surface area contributed by atoms with Crippen molar-refractivity contribution >= 4 is 51.5 Å². The van der Waals surface area contributed by atoms with E-state index in [1.165, 1.54) is 82.9 Å². The van der Waals surface area contributed by atoms with Gasteiger partial charge in [-0.25, -0.2) is 4.31 Å². The highest BCUT2D eigenvalue weighted by atomic mass is 32.2. The lowest BCUT2D eigenvalue weighted by Gasteiger charge is -2.22. The lowest BCUT2D eigenvalue weighted by Crippen LogP contribution is -2.27. The van der Waals surface area contributed by atoms with Crippen LogP contribution >= 0.6 is 46.6 Å². The summed E-state index contributed by atoms with van der Waals surface area (Å²) in [5, 5.41) is 2.40. The largest absolute Gasteiger partial charge is 0.254 e. The fourth-order valence-electron chi connectivity index (χ4n) is 3.90. The number of rotatable bonds is 18. The highest BCUT2D eigenvalue weighted by Gasteiger charge is 2.14. The van der Waals surface area contributed by atoms with E-state index in [4.69, 9.17) is 0 Å². The van der Waals surface area contributed by atoms with Crippen molar-refractivity contribution in [2.45, 2.75) is 84.6 Å². The predicted molar refractivity (Wildman–Crippen MR) is 158 cm³/mol. The third-order valence-corrected chi connectivity index (χ3v) is 10.6. The summed E-state index contributed by atoms with van der Waals surface area (Å²) in [4.78, 5) is 5.28. The first kappa shape index (κ1) is 29.0. The van der Waals surface area contributed by atoms with Gasteiger partial charge in [0.15, 0.2) is 0 Å². The van der Waals surface area contributed by atoms with Gasteiger partial charge in [-0.1, -0.05) is 71.8 Å². The molecule has 186 valence electrons. The van der Waals surface area contributed by atoms with Crippen molar-refractivity contribution in [3.63, 3.8) is 0 Å². The van der Waals surface area contributed by atoms with E-state index in [0.717, 1.165) is 11.7 Å². The summed E-state index contributed by atoms with van der Waals surface area (Å²) in [5.41, 5.74) is 1.54. The molecule has 6 heteroatoms. The van der Waals surface area contributed by atoms with Gasteiger partial charge in [-0.15, -0.1) is 34.4 Å². The van der Waals surface area contributed by atoms with Crippen molar-refractivity contribution in [1.29, 1.82) is 0 Å². The topological polar surface area (TPSA) is 15.3 Å². The second kappa shape index (κ2) is 16.4. The average Bonchev–Trinajstić information content (AvgIpc) is 3.48. The van der Waals surface area contributed by atoms with E-state index in [9.17, 15) is 0 Å². The first-order chi connectivity index (χ1) is 16.0. The molecule has 1 N–H and O–H groups in total. The Morgan fingerprint density at radius 2 is 1.85 bits per heavy atom. The monoisotopic (exact) mass is 524 g/mol. The molecule has 2 atom stereocenters. The molecule has 0 saturated carbocycles. The Balaban J connectivity index is 1.91. The number of hydrogen-bond acceptors (Lipinski definition) is 6. The van der Waals surface area contributed by atoms with Crippen molar-refractivity contribution in [1.82, 2.24) is 9.03 Å². The molecule has 2 rings (SSSR count). The zero-order valence-corrected chi connectivity index (χ0v) is 24.6. The van der Waals surface area contributed by atoms with E-state index < -0.39 is 0 Å². The van der Waals surface area contributed by atoms with E-state index in [2.05, 4.69) is 67.0 Å². The maximum atomic E-state index is 4.36. The van der Waals surface area contributed by atoms with Crippen LogP contribution in [-0.2, 0) is 6.42 Å². The van der Waals surface area contributed by atoms with E-state index in [-0.39, 0.29) is 0 Å². The van der Waals surface area contributed by atoms with Gasteiger partial charge in [0, 0.05) is 43.5 Å². The highest BCUT2D eigenvalue weighted by molar-refractivity contribution is 8.08. The van der Waals surface area contributed by atoms with Crippen LogP contribution in [0, 0.1) is 5.92 Å². The fourth-order valence-corrected chi connectivity index (χ4v) is 7.61. The van der Waals surface area contributed by atoms with Crippen LogP contribution in [0.15, 0.2) is 30.2 Å². The van der Waals surface area contributed by atoms with Crippen molar-refractivity contribution in [3.05, 3.63) is 40.6 Å². The van der Waals surface area contributed by atoms with Gasteiger partial charge in [0.25, 0.3) is 0 Å². The van der Waals surface area contributed by atoms with Crippen LogP contribution in [0.4, 0.5) is 0 Å². The van der Waals surface area contributed by atoms with Gasteiger partial charge in [0.2, 0.25) is 0 Å². The normalized spacial score (nSPS) is 13.5. The molecule has 0 radical (unpaired) electrons. The number of nitrogens with one attached hydrogen (secondary N) is 1. The Kier molecular flexibility index (Phi) is 14.4. The summed E-state index contributed by atoms with van der Waals surface area (Å²) in [7, 11) is 4.09. The molecule has 2 aromatic rings. The molecule has 0 saturated heterocycles. The standard InChI is InChI=1S/C27H44N2S4/c1-7-9-11-12-14-23(13-10-8-2)17-24-18-27(31-20-24)26-16-15-25(32-26)22(4)30-19-21(3)29(6)33-28-5/h15-16,18,20-21,23,28H,4,7-14,17,19H2,1-3,5-6H3. The Morgan fingerprint density at radius 3 is 2.58 bits per heavy atom. The summed E-state index contributed by atoms with van der Waals surface area (Å²) < 4.78 is 5.40. The molecule has 2 nitrogen and oxygen atoms in total. The van der Waals surface area contributed by atoms with Crippen LogP contribution in [0.2, 0.25) is 0 Å². The van der Waals surface area contributed by atoms with Crippen molar-refractivity contribution in [3.8, 4) is 9.75 Å². The van der Waals surface area contributed by atoms with E-state index >= 15 is 0 Å². The fraction of sp³-hybridized carbons (Fsp3) is 0.630. The maximum absolute atomic E-state index is 4.36. The minimum atomic E-state index is 0.478. The summed E-state index contributed by atoms with van der Waals surface area (Å²) >= 11 is 7.32. The number of thiophene rings is 2. The van der Waals surface area contributed by atoms with Crippen LogP contribution in [0.3, 0.4) is 0 Å². The predicted octanol–water partition coefficient (Wildman–Crippen LogP) is 9.60. The van der Waals surface area contributed by atoms with Gasteiger partial charge >= 0.3 is 0 Å². The second-order valence-electron chi connectivity index (χ2n) is 8.97. The van der Waals surface area contributed by atoms with Crippen LogP contribution in [0.25, 0.3) is 14.7 Å². The van der Waals surface area contributed by atoms with E-state index in [1.54, 1.807) is 12.1 Å². The van der Waals surface area contributed by atoms with Crippen LogP contribution in [0.5, 0.6) is 0 Å². The molecule has 2 heterocycles. The molecule has 0 bridgehead atoms. The molecular formula is C27H44N2S4. The molecule has 0 aliphatic rings. The molecule has 0 aromatic carbocycles. The average molecular weight is 525 g/mol. The van der Waals surface area contributed by atoms with E-state index in [1.807, 2.05) is 41.5 Å². The van der Waals surface area contributed by atoms with Gasteiger partial charge < -0.3 is 0 Å². The van der Waals surface area contributed by atoms with Crippen molar-refractivity contribution in [2.75, 3.05) is 19.8 Å². The molecule has 0 spiro atoms. The lowest BCUT2D eigenvalue weighted by molar-refractivity contribution is 0.410. The summed E-state index contributed by atoms with van der Waals surface area (Å²) in [6, 6.07) is 7.47. The summed E-state index contributed by atoms with van der Waals surface area (Å²) in [5.74, 6) is 1.89. The van der Waals surface area contributed by atoms with E-state index in [0.29, 0.717) is 6.04 Å². The quantitative estimate of drug-likeness (QED) is 0.154. The maximum Gasteiger partial charge on any atom is 0.0449 e. The molecule has 0 amide bonds. The SMILES string of the molecule is C=C(SCC(C)N(C)SNC)c1ccc(-c2cc(CC(CCCC)CCCCCC)cs2)s1. The Morgan fingerprint density at radius 1 is 1.09 bits per heavy atom. The number of hydrogen-bond donors (Lipinski definition) is 1. The first-order valence-corrected chi connectivity index (χ1v) is 16.0. The van der Waals surface area contributed by atoms with Crippen LogP contribution in [-0.4, -0.2) is 30.2 Å². The third-order valence-electron chi connectivity index (χ3n) is 6.09. The highest BCUT2D eigenvalue weighted by Crippen LogP contribution is 2.39. The zero-order chi connectivity index (χ0) is 24.1. The summed E-state index contributed by atoms with van der Waals surface area (Å²) in [6.45, 7) is 11.2. The molecule has 2 aromatic heterocycles. The number of nitrogens with zero attached hydrogens (tertiary/aromatic N) is 1. The van der Waals surface area contributed by atoms with Gasteiger partial charge in [-0.05, 0) is 62.5 Å². The first-order valence-electron chi connectivity index (χ1n) is 12.5. The van der Waals surface area contributed by atoms with Crippen LogP contribution < -0.4 is 4.72 Å². The second-order valence-corrected chi connectivity index (χ2v) is 13.2. The third kappa shape index (κ3) is 10.5. The minimum absolute atomic E-state index is 0.478. The van der Waals surface area contributed by atoms with Crippen molar-refractivity contribution in [2.24, 2.45) is 5.92 Å². The van der Waals surface area contributed by atoms with Gasteiger partial charge in [0.05, 0.1) is 0 Å². The summed E-state index contributed by atoms with van der Waals surface area (Å²) in [6.07, 6.45) is 12.2. The Labute approximate surface area is 220 Å². The Bertz CT molecular complexity index is 798. The molecule has 33 heavy (non-hydrogen) atoms. The van der Waals surface area contributed by atoms with Gasteiger partial charge in [0.1, 0.15) is 0 Å². The zero-order valence-electron chi connectivity index (χ0n) is 21.3. The minimum Gasteiger partial charge on any atom is -0.254 e. The number of thioether (sulfide) groups is 1. The smallest absolute Gasteiger partial charge is 0.0449 e. The molecular weight excluding hydrogens is 481 g/mol. The van der Waals surface area contributed by atoms with Gasteiger partial charge in [-0.2, -0.15) is 0 Å². The van der Waals surface area contributed by atoms with Gasteiger partial charge in [-0.3, -0.25) is 4.72 Å². The molecule has 0 aliphatic heterocycles. The molecule has 0 fully saturated rings. The molecule has 2 unspecified atom stereocenters. The van der Waals surface area contributed by atoms with Crippen molar-refractivity contribution < 1.29 is 0 Å². The Hall–Kier alpha value is -0.240. The van der Waals surface area contributed by atoms with Crippen LogP contribution in [0.1, 0.15) is 82.6 Å². The molecule has 0 aliphatic carbocycles. The lowest BCUT2D eigenvalue weighted by atomic mass is 9.90.